The summed E-state index contributed by atoms with van der Waals surface area (Å²) < 4.78 is 5.73. The van der Waals surface area contributed by atoms with Crippen molar-refractivity contribution in [2.24, 2.45) is 0 Å². The molecule has 0 bridgehead atoms. The van der Waals surface area contributed by atoms with Crippen LogP contribution in [0, 0.1) is 0 Å². The van der Waals surface area contributed by atoms with Crippen molar-refractivity contribution in [3.05, 3.63) is 95.6 Å². The number of ether oxygens (including phenoxy) is 1. The number of anilines is 1. The number of carbonyl (C=O) groups is 2. The van der Waals surface area contributed by atoms with E-state index in [1.54, 1.807) is 42.5 Å². The summed E-state index contributed by atoms with van der Waals surface area (Å²) >= 11 is 0. The van der Waals surface area contributed by atoms with Crippen LogP contribution in [0.1, 0.15) is 40.1 Å². The van der Waals surface area contributed by atoms with Crippen molar-refractivity contribution in [2.75, 3.05) is 5.32 Å². The average Bonchev–Trinajstić information content (AvgIpc) is 2.73. The summed E-state index contributed by atoms with van der Waals surface area (Å²) in [6.07, 6.45) is -0.0556. The van der Waals surface area contributed by atoms with Crippen LogP contribution in [-0.4, -0.2) is 17.9 Å². The average molecular weight is 388 g/mol. The Balaban J connectivity index is 1.75. The largest absolute Gasteiger partial charge is 0.490 e. The van der Waals surface area contributed by atoms with Crippen molar-refractivity contribution in [3.63, 3.8) is 0 Å². The molecule has 0 aromatic heterocycles. The van der Waals surface area contributed by atoms with Crippen LogP contribution < -0.4 is 15.4 Å². The standard InChI is InChI=1S/C24H24N2O3/c1-17(2)29-22-15-9-7-13-20(22)24(28)26-21-14-8-6-12-19(21)23(27)25-16-18-10-4-3-5-11-18/h3-15,17H,16H2,1-2H3,(H,25,27)(H,26,28). The molecule has 0 fully saturated rings. The molecule has 0 radical (unpaired) electrons. The first-order valence-electron chi connectivity index (χ1n) is 9.53. The van der Waals surface area contributed by atoms with E-state index in [-0.39, 0.29) is 17.9 Å². The molecule has 5 nitrogen and oxygen atoms in total. The number of nitrogens with one attached hydrogen (secondary N) is 2. The van der Waals surface area contributed by atoms with Gasteiger partial charge in [-0.15, -0.1) is 0 Å². The van der Waals surface area contributed by atoms with Crippen molar-refractivity contribution in [1.82, 2.24) is 5.32 Å². The van der Waals surface area contributed by atoms with Gasteiger partial charge in [-0.05, 0) is 43.7 Å². The number of amides is 2. The summed E-state index contributed by atoms with van der Waals surface area (Å²) in [6.45, 7) is 4.22. The Hall–Kier alpha value is -3.60. The van der Waals surface area contributed by atoms with Crippen LogP contribution in [0.3, 0.4) is 0 Å². The lowest BCUT2D eigenvalue weighted by atomic mass is 10.1. The molecule has 5 heteroatoms. The Bertz CT molecular complexity index is 984. The molecule has 2 amide bonds. The molecule has 0 aliphatic heterocycles. The van der Waals surface area contributed by atoms with Gasteiger partial charge in [0.1, 0.15) is 5.75 Å². The molecule has 0 aliphatic carbocycles. The van der Waals surface area contributed by atoms with Crippen LogP contribution in [0.15, 0.2) is 78.9 Å². The third-order valence-corrected chi connectivity index (χ3v) is 4.21. The molecule has 29 heavy (non-hydrogen) atoms. The summed E-state index contributed by atoms with van der Waals surface area (Å²) in [7, 11) is 0. The monoisotopic (exact) mass is 388 g/mol. The fraction of sp³-hybridized carbons (Fsp3) is 0.167. The van der Waals surface area contributed by atoms with Crippen LogP contribution in [0.25, 0.3) is 0 Å². The third kappa shape index (κ3) is 5.45. The van der Waals surface area contributed by atoms with Crippen LogP contribution in [-0.2, 0) is 6.54 Å². The van der Waals surface area contributed by atoms with Gasteiger partial charge in [-0.1, -0.05) is 54.6 Å². The van der Waals surface area contributed by atoms with E-state index < -0.39 is 0 Å². The number of carbonyl (C=O) groups excluding carboxylic acids is 2. The molecular weight excluding hydrogens is 364 g/mol. The highest BCUT2D eigenvalue weighted by Crippen LogP contribution is 2.22. The molecule has 148 valence electrons. The molecule has 0 aliphatic rings. The first kappa shape index (κ1) is 20.1. The van der Waals surface area contributed by atoms with Gasteiger partial charge in [-0.2, -0.15) is 0 Å². The van der Waals surface area contributed by atoms with Gasteiger partial charge in [0, 0.05) is 6.54 Å². The lowest BCUT2D eigenvalue weighted by Crippen LogP contribution is -2.25. The van der Waals surface area contributed by atoms with Gasteiger partial charge in [0.25, 0.3) is 11.8 Å². The maximum Gasteiger partial charge on any atom is 0.259 e. The van der Waals surface area contributed by atoms with E-state index in [2.05, 4.69) is 10.6 Å². The third-order valence-electron chi connectivity index (χ3n) is 4.21. The predicted octanol–water partition coefficient (Wildman–Crippen LogP) is 4.66. The molecular formula is C24H24N2O3. The second kappa shape index (κ2) is 9.55. The highest BCUT2D eigenvalue weighted by Gasteiger charge is 2.17. The number of rotatable bonds is 7. The summed E-state index contributed by atoms with van der Waals surface area (Å²) in [5.74, 6) is -0.0768. The maximum absolute atomic E-state index is 12.8. The van der Waals surface area contributed by atoms with Crippen molar-refractivity contribution < 1.29 is 14.3 Å². The van der Waals surface area contributed by atoms with Gasteiger partial charge in [0.05, 0.1) is 22.9 Å². The van der Waals surface area contributed by atoms with Crippen LogP contribution in [0.2, 0.25) is 0 Å². The molecule has 3 rings (SSSR count). The Morgan fingerprint density at radius 3 is 2.14 bits per heavy atom. The maximum atomic E-state index is 12.8. The SMILES string of the molecule is CC(C)Oc1ccccc1C(=O)Nc1ccccc1C(=O)NCc1ccccc1. The van der Waals surface area contributed by atoms with Gasteiger partial charge >= 0.3 is 0 Å². The van der Waals surface area contributed by atoms with E-state index in [1.165, 1.54) is 0 Å². The van der Waals surface area contributed by atoms with Crippen LogP contribution >= 0.6 is 0 Å². The van der Waals surface area contributed by atoms with Crippen molar-refractivity contribution >= 4 is 17.5 Å². The summed E-state index contributed by atoms with van der Waals surface area (Å²) in [4.78, 5) is 25.5. The summed E-state index contributed by atoms with van der Waals surface area (Å²) in [6, 6.07) is 23.7. The lowest BCUT2D eigenvalue weighted by Gasteiger charge is -2.15. The fourth-order valence-corrected chi connectivity index (χ4v) is 2.86. The normalized spacial score (nSPS) is 10.4. The Labute approximate surface area is 170 Å². The first-order chi connectivity index (χ1) is 14.0. The Morgan fingerprint density at radius 2 is 1.41 bits per heavy atom. The van der Waals surface area contributed by atoms with Crippen LogP contribution in [0.5, 0.6) is 5.75 Å². The first-order valence-corrected chi connectivity index (χ1v) is 9.53. The number of hydrogen-bond acceptors (Lipinski definition) is 3. The minimum atomic E-state index is -0.329. The molecule has 0 spiro atoms. The number of para-hydroxylation sites is 2. The minimum absolute atomic E-state index is 0.0556. The second-order valence-corrected chi connectivity index (χ2v) is 6.83. The van der Waals surface area contributed by atoms with E-state index in [0.717, 1.165) is 5.56 Å². The van der Waals surface area contributed by atoms with Crippen molar-refractivity contribution in [1.29, 1.82) is 0 Å². The molecule has 0 unspecified atom stereocenters. The van der Waals surface area contributed by atoms with Gasteiger partial charge in [0.2, 0.25) is 0 Å². The van der Waals surface area contributed by atoms with Crippen molar-refractivity contribution in [3.8, 4) is 5.75 Å². The zero-order valence-corrected chi connectivity index (χ0v) is 16.5. The van der Waals surface area contributed by atoms with E-state index in [0.29, 0.717) is 29.1 Å². The van der Waals surface area contributed by atoms with Crippen LogP contribution in [0.4, 0.5) is 5.69 Å². The van der Waals surface area contributed by atoms with Gasteiger partial charge in [0.15, 0.2) is 0 Å². The van der Waals surface area contributed by atoms with Gasteiger partial charge in [-0.3, -0.25) is 9.59 Å². The number of hydrogen-bond donors (Lipinski definition) is 2. The second-order valence-electron chi connectivity index (χ2n) is 6.83. The smallest absolute Gasteiger partial charge is 0.259 e. The van der Waals surface area contributed by atoms with E-state index in [1.807, 2.05) is 50.2 Å². The van der Waals surface area contributed by atoms with Gasteiger partial charge in [-0.25, -0.2) is 0 Å². The molecule has 0 saturated heterocycles. The van der Waals surface area contributed by atoms with Crippen molar-refractivity contribution in [2.45, 2.75) is 26.5 Å². The molecule has 3 aromatic rings. The zero-order chi connectivity index (χ0) is 20.6. The molecule has 0 heterocycles. The molecule has 0 atom stereocenters. The summed E-state index contributed by atoms with van der Waals surface area (Å²) in [5.41, 5.74) is 2.27. The highest BCUT2D eigenvalue weighted by molar-refractivity contribution is 6.10. The molecule has 0 saturated carbocycles. The Morgan fingerprint density at radius 1 is 0.793 bits per heavy atom. The predicted molar refractivity (Wildman–Crippen MR) is 114 cm³/mol. The van der Waals surface area contributed by atoms with Gasteiger partial charge < -0.3 is 15.4 Å². The quantitative estimate of drug-likeness (QED) is 0.619. The topological polar surface area (TPSA) is 67.4 Å². The number of benzene rings is 3. The minimum Gasteiger partial charge on any atom is -0.490 e. The highest BCUT2D eigenvalue weighted by atomic mass is 16.5. The summed E-state index contributed by atoms with van der Waals surface area (Å²) in [5, 5.41) is 5.73. The molecule has 3 aromatic carbocycles. The van der Waals surface area contributed by atoms with E-state index >= 15 is 0 Å². The van der Waals surface area contributed by atoms with E-state index in [4.69, 9.17) is 4.74 Å². The fourth-order valence-electron chi connectivity index (χ4n) is 2.86. The van der Waals surface area contributed by atoms with E-state index in [9.17, 15) is 9.59 Å². The Kier molecular flexibility index (Phi) is 6.63. The zero-order valence-electron chi connectivity index (χ0n) is 16.5. The lowest BCUT2D eigenvalue weighted by molar-refractivity contribution is 0.0952. The molecule has 2 N–H and O–H groups in total.